The minimum absolute atomic E-state index is 0.0502. The van der Waals surface area contributed by atoms with Gasteiger partial charge in [-0.15, -0.1) is 0 Å². The molecule has 9 nitrogen and oxygen atoms in total. The molecule has 0 saturated heterocycles. The van der Waals surface area contributed by atoms with Crippen LogP contribution in [0.1, 0.15) is 213 Å². The number of carbonyl (C=O) groups excluding carboxylic acids is 2. The molecule has 0 saturated carbocycles. The molecule has 3 N–H and O–H groups in total. The Hall–Kier alpha value is -1.51. The number of rotatable bonds is 42. The van der Waals surface area contributed by atoms with Crippen LogP contribution in [0.3, 0.4) is 0 Å². The lowest BCUT2D eigenvalue weighted by molar-refractivity contribution is -0.161. The van der Waals surface area contributed by atoms with Gasteiger partial charge in [0.25, 0.3) is 0 Å². The normalized spacial score (nSPS) is 13.5. The Morgan fingerprint density at radius 3 is 1.43 bits per heavy atom. The second kappa shape index (κ2) is 41.1. The summed E-state index contributed by atoms with van der Waals surface area (Å²) >= 11 is 0. The molecular weight excluding hydrogens is 701 g/mol. The first-order valence-electron chi connectivity index (χ1n) is 22.3. The first-order chi connectivity index (χ1) is 26.3. The average molecular weight is 786 g/mol. The summed E-state index contributed by atoms with van der Waals surface area (Å²) in [5.74, 6) is -0.873. The molecule has 0 aliphatic carbocycles. The van der Waals surface area contributed by atoms with Crippen molar-refractivity contribution in [3.8, 4) is 0 Å². The highest BCUT2D eigenvalue weighted by Crippen LogP contribution is 2.43. The first-order valence-corrected chi connectivity index (χ1v) is 23.8. The zero-order valence-electron chi connectivity index (χ0n) is 35.0. The van der Waals surface area contributed by atoms with Gasteiger partial charge >= 0.3 is 19.8 Å². The maximum absolute atomic E-state index is 12.5. The molecule has 54 heavy (non-hydrogen) atoms. The van der Waals surface area contributed by atoms with E-state index in [4.69, 9.17) is 24.3 Å². The number of hydrogen-bond donors (Lipinski definition) is 2. The fourth-order valence-corrected chi connectivity index (χ4v) is 7.01. The van der Waals surface area contributed by atoms with Gasteiger partial charge in [-0.1, -0.05) is 179 Å². The molecule has 2 atom stereocenters. The van der Waals surface area contributed by atoms with Crippen molar-refractivity contribution in [1.82, 2.24) is 0 Å². The molecule has 0 amide bonds. The highest BCUT2D eigenvalue weighted by atomic mass is 31.2. The number of carbonyl (C=O) groups is 2. The minimum Gasteiger partial charge on any atom is -0.462 e. The third kappa shape index (κ3) is 40.2. The van der Waals surface area contributed by atoms with Crippen LogP contribution in [0, 0.1) is 0 Å². The number of allylic oxidation sites excluding steroid dienone is 4. The van der Waals surface area contributed by atoms with Gasteiger partial charge < -0.3 is 20.1 Å². The van der Waals surface area contributed by atoms with E-state index in [1.54, 1.807) is 0 Å². The Morgan fingerprint density at radius 2 is 0.944 bits per heavy atom. The zero-order valence-corrected chi connectivity index (χ0v) is 35.9. The van der Waals surface area contributed by atoms with E-state index < -0.39 is 32.5 Å². The lowest BCUT2D eigenvalue weighted by Crippen LogP contribution is -2.29. The highest BCUT2D eigenvalue weighted by Gasteiger charge is 2.26. The third-order valence-electron chi connectivity index (χ3n) is 9.57. The summed E-state index contributed by atoms with van der Waals surface area (Å²) in [6.45, 7) is 3.69. The number of esters is 2. The monoisotopic (exact) mass is 786 g/mol. The SMILES string of the molecule is CCCCCCCCCCCCCCCC/C=C/CC/C=C/CCCC(=O)OC[C@@H](COP(=O)(O)OCCN)OC(=O)CCCCCCCCCCCC. The molecule has 0 aromatic rings. The third-order valence-corrected chi connectivity index (χ3v) is 10.6. The summed E-state index contributed by atoms with van der Waals surface area (Å²) < 4.78 is 32.7. The Bertz CT molecular complexity index is 944. The minimum atomic E-state index is -4.38. The van der Waals surface area contributed by atoms with Crippen LogP contribution < -0.4 is 5.73 Å². The van der Waals surface area contributed by atoms with Crippen LogP contribution in [0.4, 0.5) is 0 Å². The highest BCUT2D eigenvalue weighted by molar-refractivity contribution is 7.47. The molecular formula is C44H84NO8P. The van der Waals surface area contributed by atoms with Gasteiger partial charge in [0.05, 0.1) is 13.2 Å². The van der Waals surface area contributed by atoms with E-state index in [1.165, 1.54) is 128 Å². The number of phosphoric acid groups is 1. The van der Waals surface area contributed by atoms with Gasteiger partial charge in [0.2, 0.25) is 0 Å². The van der Waals surface area contributed by atoms with Crippen molar-refractivity contribution in [3.05, 3.63) is 24.3 Å². The predicted molar refractivity (Wildman–Crippen MR) is 224 cm³/mol. The molecule has 318 valence electrons. The molecule has 10 heteroatoms. The standard InChI is InChI=1S/C44H84NO8P/c1-3-5-7-9-11-13-15-16-17-18-19-20-21-22-23-24-25-26-27-29-30-32-34-36-43(46)50-40-42(41-52-54(48,49)51-39-38-45)53-44(47)37-35-33-31-28-14-12-10-8-6-4-2/h24-25,29-30,42H,3-23,26-28,31-41,45H2,1-2H3,(H,48,49)/b25-24+,30-29+/t42-/m0/s1. The van der Waals surface area contributed by atoms with Gasteiger partial charge in [0.1, 0.15) is 6.61 Å². The van der Waals surface area contributed by atoms with Crippen molar-refractivity contribution in [2.75, 3.05) is 26.4 Å². The molecule has 1 unspecified atom stereocenters. The molecule has 0 rings (SSSR count). The van der Waals surface area contributed by atoms with Gasteiger partial charge in [-0.25, -0.2) is 4.57 Å². The molecule has 0 heterocycles. The molecule has 0 radical (unpaired) electrons. The summed E-state index contributed by atoms with van der Waals surface area (Å²) in [5.41, 5.74) is 5.34. The van der Waals surface area contributed by atoms with Crippen LogP contribution in [0.15, 0.2) is 24.3 Å². The van der Waals surface area contributed by atoms with E-state index >= 15 is 0 Å². The quantitative estimate of drug-likeness (QED) is 0.0268. The number of unbranched alkanes of at least 4 members (excludes halogenated alkanes) is 25. The number of hydrogen-bond acceptors (Lipinski definition) is 8. The fraction of sp³-hybridized carbons (Fsp3) is 0.864. The Balaban J connectivity index is 4.07. The molecule has 0 bridgehead atoms. The van der Waals surface area contributed by atoms with Crippen molar-refractivity contribution >= 4 is 19.8 Å². The molecule has 0 aliphatic rings. The van der Waals surface area contributed by atoms with Crippen LogP contribution >= 0.6 is 7.82 Å². The van der Waals surface area contributed by atoms with E-state index in [1.807, 2.05) is 0 Å². The van der Waals surface area contributed by atoms with Crippen LogP contribution in [-0.4, -0.2) is 49.3 Å². The van der Waals surface area contributed by atoms with Crippen LogP contribution in [0.5, 0.6) is 0 Å². The molecule has 0 fully saturated rings. The second-order valence-electron chi connectivity index (χ2n) is 14.9. The van der Waals surface area contributed by atoms with E-state index in [-0.39, 0.29) is 32.6 Å². The van der Waals surface area contributed by atoms with E-state index in [0.717, 1.165) is 44.9 Å². The van der Waals surface area contributed by atoms with Gasteiger partial charge in [0.15, 0.2) is 6.10 Å². The summed E-state index contributed by atoms with van der Waals surface area (Å²) in [6, 6.07) is 0. The Kier molecular flexibility index (Phi) is 40.0. The predicted octanol–water partition coefficient (Wildman–Crippen LogP) is 12.8. The van der Waals surface area contributed by atoms with E-state index in [9.17, 15) is 19.0 Å². The average Bonchev–Trinajstić information content (AvgIpc) is 3.16. The summed E-state index contributed by atoms with van der Waals surface area (Å²) in [4.78, 5) is 34.7. The fourth-order valence-electron chi connectivity index (χ4n) is 6.24. The first kappa shape index (κ1) is 52.5. The van der Waals surface area contributed by atoms with Crippen molar-refractivity contribution < 1.29 is 37.6 Å². The Morgan fingerprint density at radius 1 is 0.537 bits per heavy atom. The summed E-state index contributed by atoms with van der Waals surface area (Å²) in [6.07, 6.45) is 43.8. The van der Waals surface area contributed by atoms with Gasteiger partial charge in [-0.05, 0) is 44.9 Å². The largest absolute Gasteiger partial charge is 0.472 e. The number of phosphoric ester groups is 1. The van der Waals surface area contributed by atoms with Crippen molar-refractivity contribution in [1.29, 1.82) is 0 Å². The zero-order chi connectivity index (χ0) is 39.6. The second-order valence-corrected chi connectivity index (χ2v) is 16.4. The van der Waals surface area contributed by atoms with E-state index in [0.29, 0.717) is 12.8 Å². The van der Waals surface area contributed by atoms with Gasteiger partial charge in [0, 0.05) is 19.4 Å². The summed E-state index contributed by atoms with van der Waals surface area (Å²) in [7, 11) is -4.38. The molecule has 0 aromatic carbocycles. The van der Waals surface area contributed by atoms with Crippen molar-refractivity contribution in [2.45, 2.75) is 219 Å². The molecule has 0 spiro atoms. The van der Waals surface area contributed by atoms with Gasteiger partial charge in [-0.3, -0.25) is 18.6 Å². The number of nitrogens with two attached hydrogens (primary N) is 1. The lowest BCUT2D eigenvalue weighted by Gasteiger charge is -2.19. The van der Waals surface area contributed by atoms with Crippen molar-refractivity contribution in [2.24, 2.45) is 5.73 Å². The Labute approximate surface area is 332 Å². The van der Waals surface area contributed by atoms with Crippen molar-refractivity contribution in [3.63, 3.8) is 0 Å². The lowest BCUT2D eigenvalue weighted by atomic mass is 10.0. The number of ether oxygens (including phenoxy) is 2. The smallest absolute Gasteiger partial charge is 0.462 e. The van der Waals surface area contributed by atoms with Gasteiger partial charge in [-0.2, -0.15) is 0 Å². The molecule has 0 aliphatic heterocycles. The van der Waals surface area contributed by atoms with Crippen LogP contribution in [0.25, 0.3) is 0 Å². The molecule has 0 aromatic heterocycles. The van der Waals surface area contributed by atoms with E-state index in [2.05, 4.69) is 38.2 Å². The summed E-state index contributed by atoms with van der Waals surface area (Å²) in [5, 5.41) is 0. The van der Waals surface area contributed by atoms with Crippen LogP contribution in [0.2, 0.25) is 0 Å². The maximum atomic E-state index is 12.5. The maximum Gasteiger partial charge on any atom is 0.472 e. The van der Waals surface area contributed by atoms with Crippen LogP contribution in [-0.2, 0) is 32.7 Å². The topological polar surface area (TPSA) is 134 Å².